The normalized spacial score (nSPS) is 13.6. The number of para-hydroxylation sites is 2. The quantitative estimate of drug-likeness (QED) is 0.681. The van der Waals surface area contributed by atoms with Crippen molar-refractivity contribution in [1.82, 2.24) is 5.32 Å². The van der Waals surface area contributed by atoms with E-state index in [2.05, 4.69) is 10.6 Å². The third-order valence-corrected chi connectivity index (χ3v) is 4.08. The molecule has 3 N–H and O–H groups in total. The Bertz CT molecular complexity index is 729. The molecule has 1 aromatic carbocycles. The first kappa shape index (κ1) is 19.4. The summed E-state index contributed by atoms with van der Waals surface area (Å²) in [5, 5.41) is 14.2. The number of anilines is 2. The molecule has 140 valence electrons. The number of fused-ring (bicyclic) bond motifs is 1. The number of nitrogens with zero attached hydrogens (tertiary/aromatic N) is 1. The number of carboxylic acids is 1. The van der Waals surface area contributed by atoms with Crippen molar-refractivity contribution in [2.24, 2.45) is 0 Å². The molecular weight excluding hydrogens is 338 g/mol. The van der Waals surface area contributed by atoms with Crippen molar-refractivity contribution in [3.63, 3.8) is 0 Å². The molecule has 2 rings (SSSR count). The summed E-state index contributed by atoms with van der Waals surface area (Å²) in [4.78, 5) is 48.4. The van der Waals surface area contributed by atoms with Gasteiger partial charge in [0, 0.05) is 24.8 Å². The predicted octanol–water partition coefficient (Wildman–Crippen LogP) is 1.51. The van der Waals surface area contributed by atoms with Gasteiger partial charge in [-0.2, -0.15) is 0 Å². The van der Waals surface area contributed by atoms with Gasteiger partial charge in [-0.15, -0.1) is 0 Å². The molecule has 8 nitrogen and oxygen atoms in total. The Balaban J connectivity index is 1.91. The van der Waals surface area contributed by atoms with Gasteiger partial charge in [-0.25, -0.2) is 0 Å². The molecule has 0 saturated carbocycles. The smallest absolute Gasteiger partial charge is 0.303 e. The van der Waals surface area contributed by atoms with E-state index in [1.54, 1.807) is 38.1 Å². The lowest BCUT2D eigenvalue weighted by molar-refractivity contribution is -0.137. The summed E-state index contributed by atoms with van der Waals surface area (Å²) in [6, 6.07) is 6.99. The fourth-order valence-electron chi connectivity index (χ4n) is 2.73. The minimum Gasteiger partial charge on any atom is -0.481 e. The number of carboxylic acid groups (broad SMARTS) is 1. The van der Waals surface area contributed by atoms with Crippen molar-refractivity contribution in [1.29, 1.82) is 0 Å². The molecule has 0 spiro atoms. The highest BCUT2D eigenvalue weighted by atomic mass is 16.4. The fourth-order valence-corrected chi connectivity index (χ4v) is 2.73. The van der Waals surface area contributed by atoms with E-state index < -0.39 is 11.5 Å². The second kappa shape index (κ2) is 7.99. The number of hydrogen-bond donors (Lipinski definition) is 3. The zero-order valence-electron chi connectivity index (χ0n) is 14.9. The van der Waals surface area contributed by atoms with Gasteiger partial charge in [0.25, 0.3) is 0 Å². The highest BCUT2D eigenvalue weighted by Gasteiger charge is 2.27. The maximum atomic E-state index is 12.5. The van der Waals surface area contributed by atoms with E-state index in [4.69, 9.17) is 5.11 Å². The summed E-state index contributed by atoms with van der Waals surface area (Å²) in [6.07, 6.45) is 0.172. The Morgan fingerprint density at radius 3 is 2.58 bits per heavy atom. The first-order chi connectivity index (χ1) is 12.2. The summed E-state index contributed by atoms with van der Waals surface area (Å²) in [7, 11) is 0. The third-order valence-electron chi connectivity index (χ3n) is 4.08. The second-order valence-corrected chi connectivity index (χ2v) is 6.87. The number of rotatable bonds is 7. The SMILES string of the molecule is CC(C)(CCC(=O)O)NC(=O)CCC(=O)N1CC(=O)Nc2ccccc21. The lowest BCUT2D eigenvalue weighted by atomic mass is 9.98. The van der Waals surface area contributed by atoms with Crippen molar-refractivity contribution < 1.29 is 24.3 Å². The lowest BCUT2D eigenvalue weighted by Gasteiger charge is -2.29. The molecule has 0 bridgehead atoms. The molecule has 1 heterocycles. The van der Waals surface area contributed by atoms with Crippen LogP contribution >= 0.6 is 0 Å². The molecule has 3 amide bonds. The molecule has 1 aromatic rings. The molecule has 0 fully saturated rings. The number of carbonyl (C=O) groups is 4. The zero-order valence-corrected chi connectivity index (χ0v) is 14.9. The van der Waals surface area contributed by atoms with Gasteiger partial charge < -0.3 is 20.6 Å². The van der Waals surface area contributed by atoms with Crippen molar-refractivity contribution in [3.8, 4) is 0 Å². The average molecular weight is 361 g/mol. The van der Waals surface area contributed by atoms with Crippen LogP contribution in [0, 0.1) is 0 Å². The maximum absolute atomic E-state index is 12.5. The van der Waals surface area contributed by atoms with E-state index in [1.165, 1.54) is 4.90 Å². The van der Waals surface area contributed by atoms with Gasteiger partial charge in [-0.3, -0.25) is 19.2 Å². The van der Waals surface area contributed by atoms with Crippen LogP contribution < -0.4 is 15.5 Å². The minimum atomic E-state index is -0.926. The standard InChI is InChI=1S/C18H23N3O5/c1-18(2,10-9-17(25)26)20-14(22)7-8-16(24)21-11-15(23)19-12-5-3-4-6-13(12)21/h3-6H,7-11H2,1-2H3,(H,19,23)(H,20,22)(H,25,26). The summed E-state index contributed by atoms with van der Waals surface area (Å²) in [5.74, 6) is -1.85. The topological polar surface area (TPSA) is 116 Å². The van der Waals surface area contributed by atoms with E-state index in [1.807, 2.05) is 0 Å². The lowest BCUT2D eigenvalue weighted by Crippen LogP contribution is -2.45. The minimum absolute atomic E-state index is 0.0321. The van der Waals surface area contributed by atoms with E-state index >= 15 is 0 Å². The fraction of sp³-hybridized carbons (Fsp3) is 0.444. The number of benzene rings is 1. The van der Waals surface area contributed by atoms with E-state index in [0.717, 1.165) is 0 Å². The predicted molar refractivity (Wildman–Crippen MR) is 95.8 cm³/mol. The number of nitrogens with one attached hydrogen (secondary N) is 2. The van der Waals surface area contributed by atoms with Crippen LogP contribution in [0.3, 0.4) is 0 Å². The number of aliphatic carboxylic acids is 1. The molecule has 26 heavy (non-hydrogen) atoms. The highest BCUT2D eigenvalue weighted by Crippen LogP contribution is 2.29. The van der Waals surface area contributed by atoms with E-state index in [9.17, 15) is 19.2 Å². The van der Waals surface area contributed by atoms with Crippen LogP contribution in [0.2, 0.25) is 0 Å². The van der Waals surface area contributed by atoms with Crippen LogP contribution in [0.5, 0.6) is 0 Å². The summed E-state index contributed by atoms with van der Waals surface area (Å²) >= 11 is 0. The molecule has 8 heteroatoms. The van der Waals surface area contributed by atoms with Crippen molar-refractivity contribution in [2.45, 2.75) is 45.1 Å². The van der Waals surface area contributed by atoms with Crippen molar-refractivity contribution in [2.75, 3.05) is 16.8 Å². The van der Waals surface area contributed by atoms with Crippen molar-refractivity contribution >= 4 is 35.1 Å². The van der Waals surface area contributed by atoms with Gasteiger partial charge in [0.2, 0.25) is 17.7 Å². The Morgan fingerprint density at radius 2 is 1.88 bits per heavy atom. The average Bonchev–Trinajstić information content (AvgIpc) is 2.57. The summed E-state index contributed by atoms with van der Waals surface area (Å²) < 4.78 is 0. The Morgan fingerprint density at radius 1 is 1.19 bits per heavy atom. The molecular formula is C18H23N3O5. The molecule has 0 atom stereocenters. The molecule has 0 aromatic heterocycles. The number of hydrogen-bond acceptors (Lipinski definition) is 4. The molecule has 0 saturated heterocycles. The zero-order chi connectivity index (χ0) is 19.3. The van der Waals surface area contributed by atoms with Gasteiger partial charge in [-0.1, -0.05) is 12.1 Å². The second-order valence-electron chi connectivity index (χ2n) is 6.87. The van der Waals surface area contributed by atoms with Gasteiger partial charge in [-0.05, 0) is 32.4 Å². The highest BCUT2D eigenvalue weighted by molar-refractivity contribution is 6.10. The largest absolute Gasteiger partial charge is 0.481 e. The molecule has 0 unspecified atom stereocenters. The van der Waals surface area contributed by atoms with Crippen LogP contribution in [0.1, 0.15) is 39.5 Å². The van der Waals surface area contributed by atoms with Crippen LogP contribution in [-0.4, -0.2) is 40.9 Å². The van der Waals surface area contributed by atoms with Crippen LogP contribution in [0.25, 0.3) is 0 Å². The van der Waals surface area contributed by atoms with Crippen LogP contribution in [-0.2, 0) is 19.2 Å². The number of amides is 3. The molecule has 0 radical (unpaired) electrons. The Hall–Kier alpha value is -2.90. The first-order valence-electron chi connectivity index (χ1n) is 8.40. The van der Waals surface area contributed by atoms with E-state index in [0.29, 0.717) is 17.8 Å². The van der Waals surface area contributed by atoms with Crippen LogP contribution in [0.4, 0.5) is 11.4 Å². The van der Waals surface area contributed by atoms with Gasteiger partial charge in [0.15, 0.2) is 0 Å². The monoisotopic (exact) mass is 361 g/mol. The number of carbonyl (C=O) groups excluding carboxylic acids is 3. The molecule has 0 aliphatic carbocycles. The van der Waals surface area contributed by atoms with Gasteiger partial charge in [0.1, 0.15) is 6.54 Å². The Labute approximate surface area is 151 Å². The van der Waals surface area contributed by atoms with E-state index in [-0.39, 0.29) is 43.5 Å². The Kier molecular flexibility index (Phi) is 5.97. The van der Waals surface area contributed by atoms with Gasteiger partial charge in [0.05, 0.1) is 11.4 Å². The van der Waals surface area contributed by atoms with Crippen molar-refractivity contribution in [3.05, 3.63) is 24.3 Å². The summed E-state index contributed by atoms with van der Waals surface area (Å²) in [6.45, 7) is 3.39. The first-order valence-corrected chi connectivity index (χ1v) is 8.40. The molecule has 1 aliphatic rings. The summed E-state index contributed by atoms with van der Waals surface area (Å²) in [5.41, 5.74) is 0.506. The molecule has 1 aliphatic heterocycles. The van der Waals surface area contributed by atoms with Crippen LogP contribution in [0.15, 0.2) is 24.3 Å². The van der Waals surface area contributed by atoms with Gasteiger partial charge >= 0.3 is 5.97 Å². The third kappa shape index (κ3) is 5.30. The maximum Gasteiger partial charge on any atom is 0.303 e.